The van der Waals surface area contributed by atoms with Crippen molar-refractivity contribution in [3.05, 3.63) is 53.1 Å². The maximum atomic E-state index is 11.4. The predicted octanol–water partition coefficient (Wildman–Crippen LogP) is 4.32. The van der Waals surface area contributed by atoms with Crippen LogP contribution in [0.1, 0.15) is 37.5 Å². The molecule has 0 aliphatic carbocycles. The molecule has 6 nitrogen and oxygen atoms in total. The van der Waals surface area contributed by atoms with E-state index in [2.05, 4.69) is 47.7 Å². The molecule has 4 N–H and O–H groups in total. The molecular weight excluding hydrogens is 467 g/mol. The van der Waals surface area contributed by atoms with E-state index in [4.69, 9.17) is 10.5 Å². The summed E-state index contributed by atoms with van der Waals surface area (Å²) in [5.74, 6) is 0.814. The molecule has 2 aromatic rings. The Hall–Kier alpha value is -2.29. The van der Waals surface area contributed by atoms with E-state index in [-0.39, 0.29) is 29.9 Å². The number of hydrogen-bond donors (Lipinski definition) is 3. The van der Waals surface area contributed by atoms with Crippen LogP contribution in [0.25, 0.3) is 0 Å². The smallest absolute Gasteiger partial charge is 0.221 e. The molecule has 0 aromatic heterocycles. The first-order valence-electron chi connectivity index (χ1n) is 9.10. The SMILES string of the molecule is CCc1cccc(CC)c1NC(N)=NCc1ccc(OC)c(NC(C)=O)c1.I. The Kier molecular flexibility index (Phi) is 9.78. The fourth-order valence-corrected chi connectivity index (χ4v) is 2.89. The summed E-state index contributed by atoms with van der Waals surface area (Å²) in [6.45, 7) is 6.09. The normalized spacial score (nSPS) is 10.8. The second kappa shape index (κ2) is 11.5. The van der Waals surface area contributed by atoms with Gasteiger partial charge in [0.1, 0.15) is 5.75 Å². The van der Waals surface area contributed by atoms with Gasteiger partial charge in [0.2, 0.25) is 5.91 Å². The van der Waals surface area contributed by atoms with E-state index in [0.29, 0.717) is 23.9 Å². The molecule has 0 aliphatic heterocycles. The van der Waals surface area contributed by atoms with Gasteiger partial charge in [0.25, 0.3) is 0 Å². The molecule has 0 fully saturated rings. The Bertz CT molecular complexity index is 815. The summed E-state index contributed by atoms with van der Waals surface area (Å²) in [4.78, 5) is 15.8. The maximum absolute atomic E-state index is 11.4. The van der Waals surface area contributed by atoms with Gasteiger partial charge in [-0.05, 0) is 41.7 Å². The van der Waals surface area contributed by atoms with E-state index < -0.39 is 0 Å². The zero-order chi connectivity index (χ0) is 19.8. The number of para-hydroxylation sites is 1. The number of anilines is 2. The van der Waals surface area contributed by atoms with Crippen molar-refractivity contribution >= 4 is 47.2 Å². The van der Waals surface area contributed by atoms with Crippen molar-refractivity contribution in [2.24, 2.45) is 10.7 Å². The van der Waals surface area contributed by atoms with Crippen LogP contribution in [0.2, 0.25) is 0 Å². The second-order valence-electron chi connectivity index (χ2n) is 6.20. The van der Waals surface area contributed by atoms with Crippen molar-refractivity contribution in [3.8, 4) is 5.75 Å². The highest BCUT2D eigenvalue weighted by Gasteiger charge is 2.08. The van der Waals surface area contributed by atoms with Crippen LogP contribution in [0.4, 0.5) is 11.4 Å². The Morgan fingerprint density at radius 1 is 1.11 bits per heavy atom. The van der Waals surface area contributed by atoms with Crippen molar-refractivity contribution in [3.63, 3.8) is 0 Å². The summed E-state index contributed by atoms with van der Waals surface area (Å²) in [6, 6.07) is 11.8. The number of ether oxygens (including phenoxy) is 1. The third-order valence-electron chi connectivity index (χ3n) is 4.26. The predicted molar refractivity (Wildman–Crippen MR) is 127 cm³/mol. The average Bonchev–Trinajstić information content (AvgIpc) is 2.66. The van der Waals surface area contributed by atoms with Gasteiger partial charge in [-0.25, -0.2) is 4.99 Å². The summed E-state index contributed by atoms with van der Waals surface area (Å²) in [5, 5.41) is 6.02. The number of benzene rings is 2. The van der Waals surface area contributed by atoms with Crippen molar-refractivity contribution in [2.75, 3.05) is 17.7 Å². The molecule has 0 radical (unpaired) electrons. The summed E-state index contributed by atoms with van der Waals surface area (Å²) in [6.07, 6.45) is 1.84. The molecule has 152 valence electrons. The molecule has 7 heteroatoms. The maximum Gasteiger partial charge on any atom is 0.221 e. The number of nitrogens with one attached hydrogen (secondary N) is 2. The van der Waals surface area contributed by atoms with Crippen LogP contribution >= 0.6 is 24.0 Å². The number of aryl methyl sites for hydroxylation is 2. The summed E-state index contributed by atoms with van der Waals surface area (Å²) in [7, 11) is 1.57. The third kappa shape index (κ3) is 6.40. The van der Waals surface area contributed by atoms with Crippen molar-refractivity contribution in [2.45, 2.75) is 40.2 Å². The fraction of sp³-hybridized carbons (Fsp3) is 0.333. The zero-order valence-electron chi connectivity index (χ0n) is 16.8. The van der Waals surface area contributed by atoms with E-state index in [1.54, 1.807) is 13.2 Å². The van der Waals surface area contributed by atoms with E-state index in [1.807, 2.05) is 12.1 Å². The number of nitrogens with two attached hydrogens (primary N) is 1. The molecule has 0 saturated carbocycles. The molecule has 28 heavy (non-hydrogen) atoms. The Balaban J connectivity index is 0.00000392. The average molecular weight is 496 g/mol. The van der Waals surface area contributed by atoms with Crippen LogP contribution in [0.5, 0.6) is 5.75 Å². The van der Waals surface area contributed by atoms with Crippen molar-refractivity contribution in [1.29, 1.82) is 0 Å². The highest BCUT2D eigenvalue weighted by atomic mass is 127. The zero-order valence-corrected chi connectivity index (χ0v) is 19.2. The minimum Gasteiger partial charge on any atom is -0.495 e. The van der Waals surface area contributed by atoms with E-state index in [0.717, 1.165) is 24.1 Å². The number of carbonyl (C=O) groups excluding carboxylic acids is 1. The van der Waals surface area contributed by atoms with Crippen molar-refractivity contribution < 1.29 is 9.53 Å². The largest absolute Gasteiger partial charge is 0.495 e. The van der Waals surface area contributed by atoms with Gasteiger partial charge in [0.05, 0.1) is 19.3 Å². The number of guanidine groups is 1. The minimum absolute atomic E-state index is 0. The topological polar surface area (TPSA) is 88.7 Å². The number of carbonyl (C=O) groups is 1. The van der Waals surface area contributed by atoms with Gasteiger partial charge in [-0.15, -0.1) is 24.0 Å². The lowest BCUT2D eigenvalue weighted by Gasteiger charge is -2.15. The van der Waals surface area contributed by atoms with Gasteiger partial charge in [0, 0.05) is 12.6 Å². The molecule has 2 rings (SSSR count). The van der Waals surface area contributed by atoms with Gasteiger partial charge in [0.15, 0.2) is 5.96 Å². The Labute approximate surface area is 184 Å². The van der Waals surface area contributed by atoms with Crippen LogP contribution in [-0.2, 0) is 24.2 Å². The van der Waals surface area contributed by atoms with Gasteiger partial charge in [-0.1, -0.05) is 38.1 Å². The summed E-state index contributed by atoms with van der Waals surface area (Å²) in [5.41, 5.74) is 11.1. The monoisotopic (exact) mass is 496 g/mol. The molecule has 0 heterocycles. The van der Waals surface area contributed by atoms with Gasteiger partial charge in [-0.3, -0.25) is 4.79 Å². The van der Waals surface area contributed by atoms with Crippen LogP contribution in [-0.4, -0.2) is 19.0 Å². The Morgan fingerprint density at radius 2 is 1.75 bits per heavy atom. The third-order valence-corrected chi connectivity index (χ3v) is 4.26. The molecule has 0 bridgehead atoms. The number of halogens is 1. The molecule has 0 saturated heterocycles. The number of aliphatic imine (C=N–C) groups is 1. The molecule has 0 aliphatic rings. The number of methoxy groups -OCH3 is 1. The lowest BCUT2D eigenvalue weighted by Crippen LogP contribution is -2.24. The van der Waals surface area contributed by atoms with E-state index in [1.165, 1.54) is 18.1 Å². The lowest BCUT2D eigenvalue weighted by atomic mass is 10.0. The number of hydrogen-bond acceptors (Lipinski definition) is 3. The first-order chi connectivity index (χ1) is 13.0. The highest BCUT2D eigenvalue weighted by molar-refractivity contribution is 14.0. The van der Waals surface area contributed by atoms with Gasteiger partial charge < -0.3 is 21.1 Å². The Morgan fingerprint density at radius 3 is 2.29 bits per heavy atom. The molecule has 1 amide bonds. The quantitative estimate of drug-likeness (QED) is 0.303. The highest BCUT2D eigenvalue weighted by Crippen LogP contribution is 2.26. The van der Waals surface area contributed by atoms with Gasteiger partial charge >= 0.3 is 0 Å². The standard InChI is InChI=1S/C21H28N4O2.HI/c1-5-16-8-7-9-17(6-2)20(16)25-21(22)23-13-15-10-11-19(27-4)18(12-15)24-14(3)26;/h7-12H,5-6,13H2,1-4H3,(H,24,26)(H3,22,23,25);1H. The number of rotatable bonds is 7. The van der Waals surface area contributed by atoms with E-state index >= 15 is 0 Å². The van der Waals surface area contributed by atoms with Gasteiger partial charge in [-0.2, -0.15) is 0 Å². The minimum atomic E-state index is -0.154. The van der Waals surface area contributed by atoms with Crippen LogP contribution in [0.15, 0.2) is 41.4 Å². The molecule has 2 aromatic carbocycles. The van der Waals surface area contributed by atoms with Crippen LogP contribution in [0, 0.1) is 0 Å². The summed E-state index contributed by atoms with van der Waals surface area (Å²) < 4.78 is 5.27. The fourth-order valence-electron chi connectivity index (χ4n) is 2.89. The number of amides is 1. The molecule has 0 unspecified atom stereocenters. The summed E-state index contributed by atoms with van der Waals surface area (Å²) >= 11 is 0. The van der Waals surface area contributed by atoms with Crippen LogP contribution in [0.3, 0.4) is 0 Å². The van der Waals surface area contributed by atoms with E-state index in [9.17, 15) is 4.79 Å². The number of nitrogens with zero attached hydrogens (tertiary/aromatic N) is 1. The molecule has 0 spiro atoms. The molecular formula is C21H29IN4O2. The molecule has 0 atom stereocenters. The van der Waals surface area contributed by atoms with Crippen molar-refractivity contribution in [1.82, 2.24) is 0 Å². The van der Waals surface area contributed by atoms with Crippen LogP contribution < -0.4 is 21.1 Å². The second-order valence-corrected chi connectivity index (χ2v) is 6.20. The lowest BCUT2D eigenvalue weighted by molar-refractivity contribution is -0.114. The first kappa shape index (κ1) is 23.7. The first-order valence-corrected chi connectivity index (χ1v) is 9.10.